The van der Waals surface area contributed by atoms with Gasteiger partial charge in [-0.25, -0.2) is 0 Å². The van der Waals surface area contributed by atoms with E-state index >= 15 is 0 Å². The molecular formula is C36H41N3. The van der Waals surface area contributed by atoms with E-state index in [1.54, 1.807) is 11.8 Å². The first kappa shape index (κ1) is 25.9. The number of benzene rings is 1. The summed E-state index contributed by atoms with van der Waals surface area (Å²) >= 11 is 0. The number of aliphatic imine (C=N–C) groups is 1. The molecule has 0 fully saturated rings. The van der Waals surface area contributed by atoms with Crippen LogP contribution in [0, 0.1) is 39.9 Å². The molecule has 2 aliphatic heterocycles. The number of allylic oxidation sites excluding steroid dienone is 10. The Bertz CT molecular complexity index is 1440. The van der Waals surface area contributed by atoms with Crippen LogP contribution in [0.1, 0.15) is 72.3 Å². The molecule has 3 nitrogen and oxygen atoms in total. The Morgan fingerprint density at radius 1 is 1.03 bits per heavy atom. The normalized spacial score (nSPS) is 34.7. The van der Waals surface area contributed by atoms with Crippen LogP contribution in [0.15, 0.2) is 101 Å². The first-order valence-corrected chi connectivity index (χ1v) is 14.7. The van der Waals surface area contributed by atoms with Crippen molar-refractivity contribution in [2.24, 2.45) is 33.6 Å². The van der Waals surface area contributed by atoms with Crippen LogP contribution in [0.4, 0.5) is 5.69 Å². The van der Waals surface area contributed by atoms with Crippen LogP contribution in [0.5, 0.6) is 0 Å². The van der Waals surface area contributed by atoms with Gasteiger partial charge in [0, 0.05) is 46.2 Å². The van der Waals surface area contributed by atoms with Gasteiger partial charge in [0.2, 0.25) is 0 Å². The van der Waals surface area contributed by atoms with E-state index < -0.39 is 0 Å². The molecule has 0 radical (unpaired) electrons. The van der Waals surface area contributed by atoms with Crippen molar-refractivity contribution in [3.8, 4) is 6.07 Å². The number of hydrogen-bond donors (Lipinski definition) is 0. The highest BCUT2D eigenvalue weighted by atomic mass is 15.2. The zero-order chi connectivity index (χ0) is 27.4. The monoisotopic (exact) mass is 515 g/mol. The predicted molar refractivity (Wildman–Crippen MR) is 162 cm³/mol. The lowest BCUT2D eigenvalue weighted by atomic mass is 9.50. The highest BCUT2D eigenvalue weighted by Gasteiger charge is 2.52. The van der Waals surface area contributed by atoms with Gasteiger partial charge in [0.1, 0.15) is 0 Å². The minimum Gasteiger partial charge on any atom is -0.314 e. The lowest BCUT2D eigenvalue weighted by Crippen LogP contribution is -2.50. The van der Waals surface area contributed by atoms with Gasteiger partial charge in [0.05, 0.1) is 12.0 Å². The van der Waals surface area contributed by atoms with Gasteiger partial charge in [-0.05, 0) is 84.4 Å². The molecule has 0 saturated heterocycles. The summed E-state index contributed by atoms with van der Waals surface area (Å²) in [5.74, 6) is 0.463. The third kappa shape index (κ3) is 3.87. The highest BCUT2D eigenvalue weighted by molar-refractivity contribution is 5.70. The molecule has 2 heterocycles. The Morgan fingerprint density at radius 3 is 2.67 bits per heavy atom. The van der Waals surface area contributed by atoms with E-state index in [0.29, 0.717) is 5.92 Å². The molecule has 5 atom stereocenters. The van der Waals surface area contributed by atoms with Crippen LogP contribution >= 0.6 is 0 Å². The Labute approximate surface area is 234 Å². The van der Waals surface area contributed by atoms with Crippen LogP contribution < -0.4 is 4.90 Å². The SMILES string of the molecule is CC1C=CC2=C(C1)C(C)(C)C1=C(CCC=C1)N2c1cccc(C2(C)CC=CCC2(C)C2C=NC=CC2C#N)c1. The van der Waals surface area contributed by atoms with Crippen molar-refractivity contribution in [1.82, 2.24) is 0 Å². The Morgan fingerprint density at radius 2 is 1.85 bits per heavy atom. The van der Waals surface area contributed by atoms with Gasteiger partial charge in [-0.2, -0.15) is 5.26 Å². The molecule has 1 aromatic rings. The molecule has 0 N–H and O–H groups in total. The fourth-order valence-corrected chi connectivity index (χ4v) is 7.92. The summed E-state index contributed by atoms with van der Waals surface area (Å²) in [5.41, 5.74) is 8.20. The molecule has 3 aliphatic carbocycles. The zero-order valence-corrected chi connectivity index (χ0v) is 24.1. The van der Waals surface area contributed by atoms with E-state index in [2.05, 4.69) is 111 Å². The summed E-state index contributed by atoms with van der Waals surface area (Å²) < 4.78 is 0. The number of rotatable bonds is 3. The topological polar surface area (TPSA) is 39.4 Å². The molecule has 0 amide bonds. The van der Waals surface area contributed by atoms with Crippen LogP contribution in [0.25, 0.3) is 0 Å². The molecule has 1 aromatic carbocycles. The second kappa shape index (κ2) is 9.37. The van der Waals surface area contributed by atoms with E-state index in [0.717, 1.165) is 32.1 Å². The van der Waals surface area contributed by atoms with Gasteiger partial charge in [-0.1, -0.05) is 77.1 Å². The number of hydrogen-bond acceptors (Lipinski definition) is 3. The van der Waals surface area contributed by atoms with Crippen LogP contribution in [0.3, 0.4) is 0 Å². The fraction of sp³-hybridized carbons (Fsp3) is 0.444. The molecule has 5 unspecified atom stereocenters. The van der Waals surface area contributed by atoms with Crippen LogP contribution in [-0.4, -0.2) is 6.21 Å². The fourth-order valence-electron chi connectivity index (χ4n) is 7.92. The summed E-state index contributed by atoms with van der Waals surface area (Å²) in [7, 11) is 0. The molecule has 39 heavy (non-hydrogen) atoms. The van der Waals surface area contributed by atoms with Gasteiger partial charge in [-0.15, -0.1) is 0 Å². The lowest BCUT2D eigenvalue weighted by molar-refractivity contribution is 0.0898. The second-order valence-corrected chi connectivity index (χ2v) is 13.2. The average molecular weight is 516 g/mol. The van der Waals surface area contributed by atoms with Gasteiger partial charge in [0.25, 0.3) is 0 Å². The quantitative estimate of drug-likeness (QED) is 0.377. The van der Waals surface area contributed by atoms with Crippen molar-refractivity contribution in [3.63, 3.8) is 0 Å². The third-order valence-electron chi connectivity index (χ3n) is 10.6. The molecule has 0 aromatic heterocycles. The molecule has 0 spiro atoms. The summed E-state index contributed by atoms with van der Waals surface area (Å²) in [6.07, 6.45) is 25.1. The summed E-state index contributed by atoms with van der Waals surface area (Å²) in [6.45, 7) is 12.0. The molecule has 5 aliphatic rings. The standard InChI is InChI=1S/C36H41N3/c1-25-15-16-33-30(21-25)34(2,3)29-13-6-7-14-32(29)39(33)28-12-10-11-27(22-28)35(4)18-8-9-19-36(35,5)31-24-38-20-17-26(31)23-37/h6,8-13,15-17,20,22,24-26,31H,7,14,18-19,21H2,1-5H3. The molecule has 200 valence electrons. The average Bonchev–Trinajstić information content (AvgIpc) is 2.95. The largest absolute Gasteiger partial charge is 0.314 e. The van der Waals surface area contributed by atoms with E-state index in [1.165, 1.54) is 28.2 Å². The minimum absolute atomic E-state index is 0.0353. The van der Waals surface area contributed by atoms with E-state index in [9.17, 15) is 5.26 Å². The Kier molecular flexibility index (Phi) is 6.22. The maximum atomic E-state index is 10.0. The third-order valence-corrected chi connectivity index (χ3v) is 10.6. The Balaban J connectivity index is 1.49. The first-order chi connectivity index (χ1) is 18.7. The van der Waals surface area contributed by atoms with Crippen LogP contribution in [-0.2, 0) is 5.41 Å². The van der Waals surface area contributed by atoms with Gasteiger partial charge in [-0.3, -0.25) is 4.99 Å². The highest BCUT2D eigenvalue weighted by Crippen LogP contribution is 2.57. The van der Waals surface area contributed by atoms with Crippen molar-refractivity contribution < 1.29 is 0 Å². The van der Waals surface area contributed by atoms with E-state index in [4.69, 9.17) is 0 Å². The summed E-state index contributed by atoms with van der Waals surface area (Å²) in [4.78, 5) is 7.10. The van der Waals surface area contributed by atoms with E-state index in [-0.39, 0.29) is 28.1 Å². The van der Waals surface area contributed by atoms with Crippen molar-refractivity contribution in [1.29, 1.82) is 5.26 Å². The summed E-state index contributed by atoms with van der Waals surface area (Å²) in [5, 5.41) is 10.0. The van der Waals surface area contributed by atoms with Gasteiger partial charge in [0.15, 0.2) is 0 Å². The maximum absolute atomic E-state index is 10.0. The van der Waals surface area contributed by atoms with Crippen molar-refractivity contribution >= 4 is 11.9 Å². The van der Waals surface area contributed by atoms with Gasteiger partial charge >= 0.3 is 0 Å². The summed E-state index contributed by atoms with van der Waals surface area (Å²) in [6, 6.07) is 11.9. The number of nitrogens with zero attached hydrogens (tertiary/aromatic N) is 3. The van der Waals surface area contributed by atoms with Crippen LogP contribution in [0.2, 0.25) is 0 Å². The molecule has 6 rings (SSSR count). The first-order valence-electron chi connectivity index (χ1n) is 14.7. The van der Waals surface area contributed by atoms with Crippen molar-refractivity contribution in [2.75, 3.05) is 4.90 Å². The Hall–Kier alpha value is -3.38. The number of nitriles is 1. The van der Waals surface area contributed by atoms with Crippen molar-refractivity contribution in [2.45, 2.75) is 72.1 Å². The minimum atomic E-state index is -0.158. The maximum Gasteiger partial charge on any atom is 0.0744 e. The predicted octanol–water partition coefficient (Wildman–Crippen LogP) is 8.96. The second-order valence-electron chi connectivity index (χ2n) is 13.2. The molecule has 0 bridgehead atoms. The zero-order valence-electron chi connectivity index (χ0n) is 24.1. The number of anilines is 1. The van der Waals surface area contributed by atoms with E-state index in [1.807, 2.05) is 12.3 Å². The smallest absolute Gasteiger partial charge is 0.0744 e. The lowest BCUT2D eigenvalue weighted by Gasteiger charge is -2.53. The van der Waals surface area contributed by atoms with Gasteiger partial charge < -0.3 is 4.90 Å². The van der Waals surface area contributed by atoms with Crippen molar-refractivity contribution in [3.05, 3.63) is 101 Å². The molecule has 0 saturated carbocycles. The molecular weight excluding hydrogens is 474 g/mol. The molecule has 3 heteroatoms.